The van der Waals surface area contributed by atoms with Crippen molar-refractivity contribution in [1.29, 1.82) is 0 Å². The van der Waals surface area contributed by atoms with Crippen LogP contribution in [0, 0.1) is 0 Å². The molecule has 32 heavy (non-hydrogen) atoms. The van der Waals surface area contributed by atoms with Crippen molar-refractivity contribution in [3.63, 3.8) is 0 Å². The molecule has 3 aromatic carbocycles. The zero-order chi connectivity index (χ0) is 21.8. The molecule has 1 fully saturated rings. The number of morpholine rings is 1. The summed E-state index contributed by atoms with van der Waals surface area (Å²) in [6.45, 7) is 3.39. The molecule has 2 aliphatic rings. The minimum atomic E-state index is -2.15. The van der Waals surface area contributed by atoms with Crippen LogP contribution in [0.5, 0.6) is 0 Å². The predicted molar refractivity (Wildman–Crippen MR) is 140 cm³/mol. The standard InChI is InChI=1S/C28H28NOPS/c32-31(25-12-6-2-7-13-25,26-14-8-3-9-15-26)27-17-16-24(22-23-10-4-1-5-11-23)28(27)29-18-20-30-21-19-29/h1-15,22H,16-21H2/b24-22+. The quantitative estimate of drug-likeness (QED) is 0.467. The first-order valence-corrected chi connectivity index (χ1v) is 14.1. The van der Waals surface area contributed by atoms with Gasteiger partial charge in [0.05, 0.1) is 13.2 Å². The number of nitrogens with zero attached hydrogens (tertiary/aromatic N) is 1. The zero-order valence-corrected chi connectivity index (χ0v) is 19.9. The average Bonchev–Trinajstić information content (AvgIpc) is 3.29. The Hall–Kier alpha value is -2.45. The van der Waals surface area contributed by atoms with Gasteiger partial charge in [0.2, 0.25) is 0 Å². The second-order valence-electron chi connectivity index (χ2n) is 8.26. The normalized spacial score (nSPS) is 18.4. The van der Waals surface area contributed by atoms with Gasteiger partial charge in [-0.2, -0.15) is 0 Å². The first-order valence-electron chi connectivity index (χ1n) is 11.3. The lowest BCUT2D eigenvalue weighted by Crippen LogP contribution is -2.36. The minimum Gasteiger partial charge on any atom is -0.378 e. The van der Waals surface area contributed by atoms with E-state index in [1.54, 1.807) is 0 Å². The van der Waals surface area contributed by atoms with Crippen molar-refractivity contribution in [2.45, 2.75) is 12.8 Å². The minimum absolute atomic E-state index is 0.773. The van der Waals surface area contributed by atoms with E-state index in [2.05, 4.69) is 102 Å². The van der Waals surface area contributed by atoms with E-state index in [0.29, 0.717) is 0 Å². The summed E-state index contributed by atoms with van der Waals surface area (Å²) in [4.78, 5) is 2.54. The van der Waals surface area contributed by atoms with Gasteiger partial charge in [-0.15, -0.1) is 0 Å². The van der Waals surface area contributed by atoms with Crippen LogP contribution in [0.3, 0.4) is 0 Å². The SMILES string of the molecule is S=P(C1=C(N2CCOCC2)/C(=C/c2ccccc2)CC1)(c1ccccc1)c1ccccc1. The second kappa shape index (κ2) is 9.58. The molecule has 1 aliphatic heterocycles. The number of rotatable bonds is 5. The maximum Gasteiger partial charge on any atom is 0.0642 e. The second-order valence-corrected chi connectivity index (χ2v) is 12.7. The van der Waals surface area contributed by atoms with Crippen LogP contribution in [-0.2, 0) is 16.5 Å². The largest absolute Gasteiger partial charge is 0.378 e. The van der Waals surface area contributed by atoms with Crippen LogP contribution in [-0.4, -0.2) is 31.2 Å². The summed E-state index contributed by atoms with van der Waals surface area (Å²) in [5, 5.41) is 4.01. The topological polar surface area (TPSA) is 12.5 Å². The third-order valence-electron chi connectivity index (χ3n) is 6.30. The Kier molecular flexibility index (Phi) is 6.41. The van der Waals surface area contributed by atoms with E-state index in [0.717, 1.165) is 39.1 Å². The molecule has 0 unspecified atom stereocenters. The molecule has 5 rings (SSSR count). The molecule has 0 bridgehead atoms. The Balaban J connectivity index is 1.73. The molecule has 0 atom stereocenters. The van der Waals surface area contributed by atoms with Crippen molar-refractivity contribution in [3.05, 3.63) is 113 Å². The van der Waals surface area contributed by atoms with E-state index < -0.39 is 6.04 Å². The predicted octanol–water partition coefficient (Wildman–Crippen LogP) is 5.54. The van der Waals surface area contributed by atoms with Gasteiger partial charge in [-0.3, -0.25) is 0 Å². The fourth-order valence-corrected chi connectivity index (χ4v) is 9.16. The Labute approximate surface area is 196 Å². The van der Waals surface area contributed by atoms with Crippen molar-refractivity contribution < 1.29 is 4.74 Å². The lowest BCUT2D eigenvalue weighted by molar-refractivity contribution is 0.0549. The van der Waals surface area contributed by atoms with Gasteiger partial charge in [-0.1, -0.05) is 103 Å². The van der Waals surface area contributed by atoms with Gasteiger partial charge in [0.25, 0.3) is 0 Å². The molecule has 4 heteroatoms. The molecule has 0 radical (unpaired) electrons. The van der Waals surface area contributed by atoms with Gasteiger partial charge in [0.15, 0.2) is 0 Å². The maximum absolute atomic E-state index is 6.73. The van der Waals surface area contributed by atoms with Gasteiger partial charge >= 0.3 is 0 Å². The highest BCUT2D eigenvalue weighted by atomic mass is 32.4. The van der Waals surface area contributed by atoms with E-state index in [-0.39, 0.29) is 0 Å². The molecule has 0 amide bonds. The first kappa shape index (κ1) is 21.4. The van der Waals surface area contributed by atoms with E-state index in [1.165, 1.54) is 32.8 Å². The van der Waals surface area contributed by atoms with Crippen molar-refractivity contribution in [1.82, 2.24) is 4.90 Å². The molecule has 3 aromatic rings. The lowest BCUT2D eigenvalue weighted by Gasteiger charge is -2.34. The maximum atomic E-state index is 6.73. The molecule has 0 N–H and O–H groups in total. The molecular formula is C28H28NOPS. The number of hydrogen-bond acceptors (Lipinski definition) is 3. The summed E-state index contributed by atoms with van der Waals surface area (Å²) >= 11 is 6.73. The summed E-state index contributed by atoms with van der Waals surface area (Å²) in [6, 6.07) is 30.1. The van der Waals surface area contributed by atoms with E-state index >= 15 is 0 Å². The summed E-state index contributed by atoms with van der Waals surface area (Å²) in [5.74, 6) is 0. The van der Waals surface area contributed by atoms with Crippen LogP contribution >= 0.6 is 6.04 Å². The zero-order valence-electron chi connectivity index (χ0n) is 18.2. The highest BCUT2D eigenvalue weighted by Gasteiger charge is 2.36. The van der Waals surface area contributed by atoms with Crippen molar-refractivity contribution in [3.8, 4) is 0 Å². The van der Waals surface area contributed by atoms with Gasteiger partial charge in [-0.05, 0) is 46.0 Å². The Bertz CT molecular complexity index is 1120. The van der Waals surface area contributed by atoms with Gasteiger partial charge in [0, 0.05) is 24.8 Å². The molecule has 0 spiro atoms. The molecular weight excluding hydrogens is 429 g/mol. The molecule has 162 valence electrons. The lowest BCUT2D eigenvalue weighted by atomic mass is 10.1. The summed E-state index contributed by atoms with van der Waals surface area (Å²) in [5.41, 5.74) is 4.05. The van der Waals surface area contributed by atoms with E-state index in [4.69, 9.17) is 16.5 Å². The number of hydrogen-bond donors (Lipinski definition) is 0. The average molecular weight is 458 g/mol. The third kappa shape index (κ3) is 4.13. The summed E-state index contributed by atoms with van der Waals surface area (Å²) in [7, 11) is 0. The van der Waals surface area contributed by atoms with Crippen LogP contribution in [0.15, 0.2) is 108 Å². The number of allylic oxidation sites excluding steroid dienone is 2. The third-order valence-corrected chi connectivity index (χ3v) is 11.5. The highest BCUT2D eigenvalue weighted by Crippen LogP contribution is 2.59. The molecule has 1 aliphatic carbocycles. The first-order chi connectivity index (χ1) is 15.8. The Morgan fingerprint density at radius 1 is 0.719 bits per heavy atom. The fraction of sp³-hybridized carbons (Fsp3) is 0.214. The van der Waals surface area contributed by atoms with Crippen LogP contribution in [0.1, 0.15) is 18.4 Å². The molecule has 0 aromatic heterocycles. The summed E-state index contributed by atoms with van der Waals surface area (Å²) < 4.78 is 5.70. The van der Waals surface area contributed by atoms with E-state index in [9.17, 15) is 0 Å². The Morgan fingerprint density at radius 3 is 1.81 bits per heavy atom. The smallest absolute Gasteiger partial charge is 0.0642 e. The van der Waals surface area contributed by atoms with Gasteiger partial charge < -0.3 is 9.64 Å². The van der Waals surface area contributed by atoms with Gasteiger partial charge in [-0.25, -0.2) is 0 Å². The summed E-state index contributed by atoms with van der Waals surface area (Å²) in [6.07, 6.45) is 4.43. The van der Waals surface area contributed by atoms with E-state index in [1.807, 2.05) is 0 Å². The number of benzene rings is 3. The van der Waals surface area contributed by atoms with Crippen LogP contribution in [0.2, 0.25) is 0 Å². The van der Waals surface area contributed by atoms with Crippen LogP contribution < -0.4 is 10.6 Å². The molecule has 1 saturated heterocycles. The molecule has 0 saturated carbocycles. The fourth-order valence-electron chi connectivity index (χ4n) is 4.78. The van der Waals surface area contributed by atoms with Gasteiger partial charge in [0.1, 0.15) is 0 Å². The van der Waals surface area contributed by atoms with Crippen molar-refractivity contribution in [2.75, 3.05) is 26.3 Å². The highest BCUT2D eigenvalue weighted by molar-refractivity contribution is 8.24. The monoisotopic (exact) mass is 457 g/mol. The molecule has 2 nitrogen and oxygen atoms in total. The Morgan fingerprint density at radius 2 is 1.25 bits per heavy atom. The van der Waals surface area contributed by atoms with Crippen molar-refractivity contribution in [2.24, 2.45) is 0 Å². The van der Waals surface area contributed by atoms with Crippen LogP contribution in [0.25, 0.3) is 6.08 Å². The number of ether oxygens (including phenoxy) is 1. The van der Waals surface area contributed by atoms with Crippen LogP contribution in [0.4, 0.5) is 0 Å². The molecule has 1 heterocycles. The van der Waals surface area contributed by atoms with Crippen molar-refractivity contribution >= 4 is 34.5 Å².